The Labute approximate surface area is 216 Å². The van der Waals surface area contributed by atoms with Gasteiger partial charge in [-0.2, -0.15) is 0 Å². The Hall–Kier alpha value is -1.01. The lowest BCUT2D eigenvalue weighted by molar-refractivity contribution is -0.143. The van der Waals surface area contributed by atoms with Gasteiger partial charge in [-0.3, -0.25) is 19.3 Å². The number of halogens is 4. The second kappa shape index (κ2) is 14.4. The molecule has 1 aliphatic heterocycles. The molecule has 0 aliphatic carbocycles. The summed E-state index contributed by atoms with van der Waals surface area (Å²) in [5, 5.41) is -0.228. The van der Waals surface area contributed by atoms with E-state index >= 15 is 0 Å². The number of benzene rings is 1. The Morgan fingerprint density at radius 3 is 1.73 bits per heavy atom. The number of esters is 1. The third-order valence-corrected chi connectivity index (χ3v) is 7.51. The van der Waals surface area contributed by atoms with Gasteiger partial charge in [0, 0.05) is 13.0 Å². The first-order chi connectivity index (χ1) is 15.8. The zero-order valence-corrected chi connectivity index (χ0v) is 22.0. The van der Waals surface area contributed by atoms with Gasteiger partial charge in [-0.15, -0.1) is 0 Å². The molecule has 0 radical (unpaired) electrons. The molecule has 0 N–H and O–H groups in total. The largest absolute Gasteiger partial charge is 0.466 e. The maximum absolute atomic E-state index is 12.7. The van der Waals surface area contributed by atoms with Crippen molar-refractivity contribution < 1.29 is 19.1 Å². The first kappa shape index (κ1) is 28.2. The van der Waals surface area contributed by atoms with Crippen LogP contribution in [0.4, 0.5) is 0 Å². The maximum atomic E-state index is 12.7. The zero-order valence-electron chi connectivity index (χ0n) is 19.0. The van der Waals surface area contributed by atoms with Crippen molar-refractivity contribution in [3.8, 4) is 0 Å². The normalized spacial score (nSPS) is 13.1. The minimum Gasteiger partial charge on any atom is -0.466 e. The van der Waals surface area contributed by atoms with Gasteiger partial charge < -0.3 is 4.74 Å². The highest BCUT2D eigenvalue weighted by Gasteiger charge is 2.41. The number of ether oxygens (including phenoxy) is 1. The number of fused-ring (bicyclic) bond motifs is 1. The molecule has 0 unspecified atom stereocenters. The van der Waals surface area contributed by atoms with Crippen LogP contribution in [-0.2, 0) is 9.53 Å². The third kappa shape index (κ3) is 7.74. The Bertz CT molecular complexity index is 813. The van der Waals surface area contributed by atoms with E-state index in [1.807, 2.05) is 0 Å². The molecular formula is C24H31Cl4NO4. The summed E-state index contributed by atoms with van der Waals surface area (Å²) in [6.07, 6.45) is 11.8. The molecule has 0 fully saturated rings. The summed E-state index contributed by atoms with van der Waals surface area (Å²) in [5.74, 6) is -1.28. The number of unbranched alkanes of at least 4 members (excludes halogenated alkanes) is 9. The maximum Gasteiger partial charge on any atom is 0.305 e. The fourth-order valence-corrected chi connectivity index (χ4v) is 4.82. The molecule has 184 valence electrons. The van der Waals surface area contributed by atoms with E-state index in [1.165, 1.54) is 38.5 Å². The highest BCUT2D eigenvalue weighted by molar-refractivity contribution is 6.55. The molecule has 0 saturated heterocycles. The SMILES string of the molecule is CCCCCCCCCCOC(=O)CCCCCN1C(=O)c2c(Cl)c(Cl)c(Cl)c(Cl)c2C1=O. The van der Waals surface area contributed by atoms with Crippen LogP contribution >= 0.6 is 46.4 Å². The van der Waals surface area contributed by atoms with Gasteiger partial charge >= 0.3 is 5.97 Å². The van der Waals surface area contributed by atoms with Gasteiger partial charge in [-0.05, 0) is 19.3 Å². The molecule has 5 nitrogen and oxygen atoms in total. The monoisotopic (exact) mass is 537 g/mol. The van der Waals surface area contributed by atoms with Gasteiger partial charge in [-0.25, -0.2) is 0 Å². The smallest absolute Gasteiger partial charge is 0.305 e. The lowest BCUT2D eigenvalue weighted by atomic mass is 10.1. The van der Waals surface area contributed by atoms with Gasteiger partial charge in [-0.1, -0.05) is 105 Å². The molecule has 0 bridgehead atoms. The van der Waals surface area contributed by atoms with Crippen LogP contribution in [0.5, 0.6) is 0 Å². The Morgan fingerprint density at radius 1 is 0.697 bits per heavy atom. The number of nitrogens with zero attached hydrogens (tertiary/aromatic N) is 1. The second-order valence-electron chi connectivity index (χ2n) is 8.27. The highest BCUT2D eigenvalue weighted by Crippen LogP contribution is 2.44. The van der Waals surface area contributed by atoms with E-state index in [-0.39, 0.29) is 43.7 Å². The minimum absolute atomic E-state index is 0.00870. The lowest BCUT2D eigenvalue weighted by Gasteiger charge is -2.13. The summed E-state index contributed by atoms with van der Waals surface area (Å²) in [7, 11) is 0. The molecule has 33 heavy (non-hydrogen) atoms. The average molecular weight is 539 g/mol. The lowest BCUT2D eigenvalue weighted by Crippen LogP contribution is -2.30. The fourth-order valence-electron chi connectivity index (χ4n) is 3.81. The van der Waals surface area contributed by atoms with E-state index in [9.17, 15) is 14.4 Å². The van der Waals surface area contributed by atoms with Crippen LogP contribution in [0.2, 0.25) is 20.1 Å². The third-order valence-electron chi connectivity index (χ3n) is 5.71. The number of imide groups is 1. The first-order valence-corrected chi connectivity index (χ1v) is 13.2. The molecule has 2 rings (SSSR count). The van der Waals surface area contributed by atoms with E-state index in [0.717, 1.165) is 17.7 Å². The van der Waals surface area contributed by atoms with E-state index < -0.39 is 11.8 Å². The summed E-state index contributed by atoms with van der Waals surface area (Å²) in [5.41, 5.74) is -0.0174. The molecule has 0 atom stereocenters. The fraction of sp³-hybridized carbons (Fsp3) is 0.625. The van der Waals surface area contributed by atoms with Crippen LogP contribution in [0.25, 0.3) is 0 Å². The van der Waals surface area contributed by atoms with Gasteiger partial charge in [0.05, 0.1) is 37.8 Å². The molecule has 9 heteroatoms. The first-order valence-electron chi connectivity index (χ1n) is 11.7. The van der Waals surface area contributed by atoms with Crippen LogP contribution in [0.3, 0.4) is 0 Å². The Kier molecular flexibility index (Phi) is 12.3. The molecule has 2 amide bonds. The highest BCUT2D eigenvalue weighted by atomic mass is 35.5. The Morgan fingerprint density at radius 2 is 1.18 bits per heavy atom. The standard InChI is InChI=1S/C24H31Cl4NO4/c1-2-3-4-5-6-7-8-12-15-33-16(30)13-10-9-11-14-29-23(31)17-18(24(29)32)20(26)22(28)21(27)19(17)25/h2-15H2,1H3. The van der Waals surface area contributed by atoms with Crippen molar-refractivity contribution in [2.75, 3.05) is 13.2 Å². The van der Waals surface area contributed by atoms with Crippen molar-refractivity contribution in [2.24, 2.45) is 0 Å². The van der Waals surface area contributed by atoms with Crippen molar-refractivity contribution in [1.29, 1.82) is 0 Å². The van der Waals surface area contributed by atoms with Crippen molar-refractivity contribution in [3.05, 3.63) is 31.2 Å². The summed E-state index contributed by atoms with van der Waals surface area (Å²) in [6.45, 7) is 2.88. The average Bonchev–Trinajstić information content (AvgIpc) is 3.04. The van der Waals surface area contributed by atoms with E-state index in [4.69, 9.17) is 51.1 Å². The summed E-state index contributed by atoms with van der Waals surface area (Å²) < 4.78 is 5.28. The van der Waals surface area contributed by atoms with Crippen molar-refractivity contribution in [1.82, 2.24) is 4.90 Å². The molecule has 0 saturated carbocycles. The second-order valence-corrected chi connectivity index (χ2v) is 9.79. The van der Waals surface area contributed by atoms with E-state index in [2.05, 4.69) is 6.92 Å². The van der Waals surface area contributed by atoms with Crippen LogP contribution in [0, 0.1) is 0 Å². The number of carbonyl (C=O) groups excluding carboxylic acids is 3. The molecule has 1 heterocycles. The molecule has 0 spiro atoms. The zero-order chi connectivity index (χ0) is 24.4. The van der Waals surface area contributed by atoms with Gasteiger partial charge in [0.2, 0.25) is 0 Å². The predicted octanol–water partition coefficient (Wildman–Crippen LogP) is 8.14. The molecule has 1 aliphatic rings. The quantitative estimate of drug-likeness (QED) is 0.0742. The Balaban J connectivity index is 1.62. The number of hydrogen-bond acceptors (Lipinski definition) is 4. The van der Waals surface area contributed by atoms with Crippen LogP contribution in [-0.4, -0.2) is 35.8 Å². The summed E-state index contributed by atoms with van der Waals surface area (Å²) in [6, 6.07) is 0. The van der Waals surface area contributed by atoms with Crippen molar-refractivity contribution in [3.63, 3.8) is 0 Å². The summed E-state index contributed by atoms with van der Waals surface area (Å²) in [4.78, 5) is 38.3. The van der Waals surface area contributed by atoms with Crippen LogP contribution < -0.4 is 0 Å². The topological polar surface area (TPSA) is 63.7 Å². The van der Waals surface area contributed by atoms with Crippen LogP contribution in [0.1, 0.15) is 105 Å². The van der Waals surface area contributed by atoms with Gasteiger partial charge in [0.15, 0.2) is 0 Å². The van der Waals surface area contributed by atoms with E-state index in [0.29, 0.717) is 32.3 Å². The van der Waals surface area contributed by atoms with Crippen molar-refractivity contribution in [2.45, 2.75) is 84.0 Å². The van der Waals surface area contributed by atoms with Crippen LogP contribution in [0.15, 0.2) is 0 Å². The predicted molar refractivity (Wildman–Crippen MR) is 134 cm³/mol. The number of hydrogen-bond donors (Lipinski definition) is 0. The molecule has 1 aromatic rings. The van der Waals surface area contributed by atoms with Crippen molar-refractivity contribution >= 4 is 64.2 Å². The number of rotatable bonds is 15. The summed E-state index contributed by atoms with van der Waals surface area (Å²) >= 11 is 24.3. The number of amides is 2. The van der Waals surface area contributed by atoms with Gasteiger partial charge in [0.25, 0.3) is 11.8 Å². The molecule has 0 aromatic heterocycles. The molecular weight excluding hydrogens is 508 g/mol. The number of carbonyl (C=O) groups is 3. The van der Waals surface area contributed by atoms with E-state index in [1.54, 1.807) is 0 Å². The van der Waals surface area contributed by atoms with Gasteiger partial charge in [0.1, 0.15) is 0 Å². The molecule has 1 aromatic carbocycles. The minimum atomic E-state index is -0.537.